The van der Waals surface area contributed by atoms with E-state index in [4.69, 9.17) is 14.5 Å². The predicted octanol–water partition coefficient (Wildman–Crippen LogP) is 5.53. The van der Waals surface area contributed by atoms with Crippen molar-refractivity contribution in [3.05, 3.63) is 47.4 Å². The number of anilines is 1. The summed E-state index contributed by atoms with van der Waals surface area (Å²) in [6, 6.07) is 7.85. The maximum absolute atomic E-state index is 13.0. The van der Waals surface area contributed by atoms with Gasteiger partial charge in [-0.25, -0.2) is 15.0 Å². The number of pyridine rings is 1. The van der Waals surface area contributed by atoms with Gasteiger partial charge < -0.3 is 14.8 Å². The van der Waals surface area contributed by atoms with Crippen molar-refractivity contribution in [3.8, 4) is 5.75 Å². The van der Waals surface area contributed by atoms with Crippen LogP contribution in [0.4, 0.5) is 5.69 Å². The van der Waals surface area contributed by atoms with Gasteiger partial charge in [-0.05, 0) is 51.5 Å². The molecule has 1 atom stereocenters. The number of thioether (sulfide) groups is 1. The van der Waals surface area contributed by atoms with Crippen molar-refractivity contribution in [2.45, 2.75) is 56.6 Å². The Balaban J connectivity index is 1.44. The van der Waals surface area contributed by atoms with Gasteiger partial charge in [0.25, 0.3) is 0 Å². The summed E-state index contributed by atoms with van der Waals surface area (Å²) in [7, 11) is 1.59. The van der Waals surface area contributed by atoms with E-state index in [1.165, 1.54) is 11.8 Å². The van der Waals surface area contributed by atoms with Gasteiger partial charge in [0.05, 0.1) is 46.2 Å². The average molecular weight is 495 g/mol. The summed E-state index contributed by atoms with van der Waals surface area (Å²) < 4.78 is 12.3. The zero-order valence-electron chi connectivity index (χ0n) is 19.8. The molecular formula is C25H26N4O3S2. The molecule has 0 saturated carbocycles. The van der Waals surface area contributed by atoms with Crippen molar-refractivity contribution in [1.29, 1.82) is 0 Å². The van der Waals surface area contributed by atoms with Crippen molar-refractivity contribution in [2.75, 3.05) is 12.4 Å². The Bertz CT molecular complexity index is 1420. The SMILES string of the molecule is COc1ccc(C)cc1NC(=O)C(C)Sc1ncnc2c1sc1nc3c(cc12)COC(C)(C)C3. The van der Waals surface area contributed by atoms with Crippen LogP contribution in [0.3, 0.4) is 0 Å². The molecule has 4 aromatic rings. The maximum Gasteiger partial charge on any atom is 0.237 e. The largest absolute Gasteiger partial charge is 0.495 e. The van der Waals surface area contributed by atoms with Crippen LogP contribution in [0, 0.1) is 6.92 Å². The first-order chi connectivity index (χ1) is 16.2. The summed E-state index contributed by atoms with van der Waals surface area (Å²) in [5, 5.41) is 4.41. The fourth-order valence-electron chi connectivity index (χ4n) is 4.02. The molecule has 0 aliphatic carbocycles. The molecule has 7 nitrogen and oxygen atoms in total. The number of thiophene rings is 1. The molecule has 9 heteroatoms. The summed E-state index contributed by atoms with van der Waals surface area (Å²) >= 11 is 3.00. The van der Waals surface area contributed by atoms with Gasteiger partial charge >= 0.3 is 0 Å². The Kier molecular flexibility index (Phi) is 5.95. The normalized spacial score (nSPS) is 15.8. The fourth-order valence-corrected chi connectivity index (χ4v) is 6.12. The number of benzene rings is 1. The number of aromatic nitrogens is 3. The van der Waals surface area contributed by atoms with Gasteiger partial charge in [0.1, 0.15) is 21.9 Å². The molecule has 0 fully saturated rings. The maximum atomic E-state index is 13.0. The number of aryl methyl sites for hydroxylation is 1. The Hall–Kier alpha value is -2.75. The quantitative estimate of drug-likeness (QED) is 0.288. The number of hydrogen-bond donors (Lipinski definition) is 1. The van der Waals surface area contributed by atoms with Gasteiger partial charge in [-0.1, -0.05) is 17.8 Å². The molecule has 1 aliphatic rings. The fraction of sp³-hybridized carbons (Fsp3) is 0.360. The summed E-state index contributed by atoms with van der Waals surface area (Å²) in [5.74, 6) is 0.516. The second-order valence-corrected chi connectivity index (χ2v) is 11.4. The molecule has 4 heterocycles. The minimum absolute atomic E-state index is 0.116. The van der Waals surface area contributed by atoms with E-state index in [1.807, 2.05) is 32.0 Å². The number of nitrogens with one attached hydrogen (secondary N) is 1. The van der Waals surface area contributed by atoms with E-state index in [2.05, 4.69) is 35.2 Å². The number of methoxy groups -OCH3 is 1. The highest BCUT2D eigenvalue weighted by Gasteiger charge is 2.28. The smallest absolute Gasteiger partial charge is 0.237 e. The lowest BCUT2D eigenvalue weighted by Gasteiger charge is -2.30. The van der Waals surface area contributed by atoms with Crippen LogP contribution in [0.25, 0.3) is 20.4 Å². The first-order valence-corrected chi connectivity index (χ1v) is 12.8. The van der Waals surface area contributed by atoms with Gasteiger partial charge in [-0.2, -0.15) is 0 Å². The second kappa shape index (κ2) is 8.79. The lowest BCUT2D eigenvalue weighted by Crippen LogP contribution is -2.32. The van der Waals surface area contributed by atoms with Crippen molar-refractivity contribution >= 4 is 55.1 Å². The number of carbonyl (C=O) groups is 1. The van der Waals surface area contributed by atoms with E-state index in [-0.39, 0.29) is 16.8 Å². The zero-order chi connectivity index (χ0) is 24.0. The first-order valence-electron chi connectivity index (χ1n) is 11.1. The molecular weight excluding hydrogens is 468 g/mol. The summed E-state index contributed by atoms with van der Waals surface area (Å²) in [6.07, 6.45) is 2.34. The predicted molar refractivity (Wildman–Crippen MR) is 137 cm³/mol. The molecule has 1 aliphatic heterocycles. The van der Waals surface area contributed by atoms with Gasteiger partial charge in [0.15, 0.2) is 0 Å². The molecule has 0 spiro atoms. The highest BCUT2D eigenvalue weighted by molar-refractivity contribution is 8.00. The second-order valence-electron chi connectivity index (χ2n) is 9.08. The van der Waals surface area contributed by atoms with Crippen molar-refractivity contribution in [1.82, 2.24) is 15.0 Å². The number of hydrogen-bond acceptors (Lipinski definition) is 8. The van der Waals surface area contributed by atoms with E-state index < -0.39 is 0 Å². The number of amides is 1. The monoisotopic (exact) mass is 494 g/mol. The van der Waals surface area contributed by atoms with Crippen LogP contribution < -0.4 is 10.1 Å². The molecule has 0 radical (unpaired) electrons. The van der Waals surface area contributed by atoms with Crippen LogP contribution in [0.1, 0.15) is 37.6 Å². The Labute approximate surface area is 206 Å². The van der Waals surface area contributed by atoms with Crippen LogP contribution in [-0.4, -0.2) is 38.8 Å². The van der Waals surface area contributed by atoms with Crippen molar-refractivity contribution in [3.63, 3.8) is 0 Å². The van der Waals surface area contributed by atoms with E-state index >= 15 is 0 Å². The highest BCUT2D eigenvalue weighted by atomic mass is 32.2. The van der Waals surface area contributed by atoms with Crippen LogP contribution in [-0.2, 0) is 22.6 Å². The van der Waals surface area contributed by atoms with Crippen LogP contribution in [0.5, 0.6) is 5.75 Å². The Morgan fingerprint density at radius 3 is 2.91 bits per heavy atom. The summed E-state index contributed by atoms with van der Waals surface area (Å²) in [4.78, 5) is 27.9. The third-order valence-corrected chi connectivity index (χ3v) is 8.19. The minimum atomic E-state index is -0.371. The number of nitrogens with zero attached hydrogens (tertiary/aromatic N) is 3. The molecule has 34 heavy (non-hydrogen) atoms. The number of carbonyl (C=O) groups excluding carboxylic acids is 1. The van der Waals surface area contributed by atoms with Gasteiger partial charge in [-0.15, -0.1) is 11.3 Å². The molecule has 1 unspecified atom stereocenters. The molecule has 1 amide bonds. The lowest BCUT2D eigenvalue weighted by molar-refractivity contribution is -0.115. The molecule has 1 N–H and O–H groups in total. The van der Waals surface area contributed by atoms with Crippen molar-refractivity contribution < 1.29 is 14.3 Å². The summed E-state index contributed by atoms with van der Waals surface area (Å²) in [6.45, 7) is 8.58. The lowest BCUT2D eigenvalue weighted by atomic mass is 9.95. The van der Waals surface area contributed by atoms with Crippen LogP contribution in [0.2, 0.25) is 0 Å². The third-order valence-electron chi connectivity index (χ3n) is 5.86. The van der Waals surface area contributed by atoms with Crippen molar-refractivity contribution in [2.24, 2.45) is 0 Å². The molecule has 5 rings (SSSR count). The molecule has 0 saturated heterocycles. The number of fused-ring (bicyclic) bond motifs is 4. The standard InChI is InChI=1S/C25H26N4O3S2/c1-13-6-7-19(31-5)17(8-13)28-22(30)14(2)33-24-21-20(26-12-27-24)16-9-15-11-32-25(3,4)10-18(15)29-23(16)34-21/h6-9,12,14H,10-11H2,1-5H3,(H,28,30). The number of ether oxygens (including phenoxy) is 2. The Morgan fingerprint density at radius 1 is 1.29 bits per heavy atom. The molecule has 0 bridgehead atoms. The van der Waals surface area contributed by atoms with E-state index in [9.17, 15) is 4.79 Å². The van der Waals surface area contributed by atoms with E-state index in [0.29, 0.717) is 18.0 Å². The van der Waals surface area contributed by atoms with E-state index in [1.54, 1.807) is 24.8 Å². The van der Waals surface area contributed by atoms with Gasteiger partial charge in [0, 0.05) is 17.4 Å². The van der Waals surface area contributed by atoms with Crippen LogP contribution >= 0.6 is 23.1 Å². The average Bonchev–Trinajstić information content (AvgIpc) is 3.15. The topological polar surface area (TPSA) is 86.2 Å². The zero-order valence-corrected chi connectivity index (χ0v) is 21.4. The third kappa shape index (κ3) is 4.35. The van der Waals surface area contributed by atoms with E-state index in [0.717, 1.165) is 48.7 Å². The highest BCUT2D eigenvalue weighted by Crippen LogP contribution is 2.40. The molecule has 3 aromatic heterocycles. The van der Waals surface area contributed by atoms with Gasteiger partial charge in [0.2, 0.25) is 5.91 Å². The van der Waals surface area contributed by atoms with Gasteiger partial charge in [-0.3, -0.25) is 4.79 Å². The first kappa shape index (κ1) is 23.0. The summed E-state index contributed by atoms with van der Waals surface area (Å²) in [5.41, 5.74) is 4.55. The molecule has 176 valence electrons. The Morgan fingerprint density at radius 2 is 2.12 bits per heavy atom. The minimum Gasteiger partial charge on any atom is -0.495 e. The van der Waals surface area contributed by atoms with Crippen LogP contribution in [0.15, 0.2) is 35.6 Å². The molecule has 1 aromatic carbocycles. The number of rotatable bonds is 5.